The van der Waals surface area contributed by atoms with E-state index in [-0.39, 0.29) is 11.9 Å². The fourth-order valence-corrected chi connectivity index (χ4v) is 1.82. The van der Waals surface area contributed by atoms with E-state index < -0.39 is 12.1 Å². The third kappa shape index (κ3) is 2.02. The van der Waals surface area contributed by atoms with Crippen LogP contribution in [-0.4, -0.2) is 18.0 Å². The summed E-state index contributed by atoms with van der Waals surface area (Å²) in [5.41, 5.74) is 0.832. The molecule has 4 nitrogen and oxygen atoms in total. The maximum absolute atomic E-state index is 11.2. The van der Waals surface area contributed by atoms with Crippen molar-refractivity contribution in [1.82, 2.24) is 5.32 Å². The number of ether oxygens (including phenoxy) is 1. The third-order valence-electron chi connectivity index (χ3n) is 2.36. The molecule has 1 aliphatic rings. The molecule has 1 aliphatic heterocycles. The van der Waals surface area contributed by atoms with E-state index in [2.05, 4.69) is 5.32 Å². The highest BCUT2D eigenvalue weighted by atomic mass is 35.5. The van der Waals surface area contributed by atoms with E-state index >= 15 is 0 Å². The topological polar surface area (TPSA) is 55.4 Å². The molecule has 1 N–H and O–H groups in total. The fourth-order valence-electron chi connectivity index (χ4n) is 1.62. The number of nitrogens with one attached hydrogen (secondary N) is 1. The third-order valence-corrected chi connectivity index (χ3v) is 2.59. The molecule has 0 aromatic heterocycles. The molecule has 1 amide bonds. The van der Waals surface area contributed by atoms with Crippen LogP contribution < -0.4 is 5.32 Å². The van der Waals surface area contributed by atoms with Crippen LogP contribution in [0.3, 0.4) is 0 Å². The molecular formula is C11H10ClNO3. The molecule has 1 saturated heterocycles. The van der Waals surface area contributed by atoms with Crippen molar-refractivity contribution in [3.8, 4) is 0 Å². The van der Waals surface area contributed by atoms with Crippen LogP contribution in [0.25, 0.3) is 0 Å². The Hall–Kier alpha value is -1.55. The Bertz CT molecular complexity index is 447. The van der Waals surface area contributed by atoms with Crippen molar-refractivity contribution < 1.29 is 14.3 Å². The first kappa shape index (κ1) is 11.0. The summed E-state index contributed by atoms with van der Waals surface area (Å²) >= 11 is 5.84. The second-order valence-electron chi connectivity index (χ2n) is 3.57. The van der Waals surface area contributed by atoms with E-state index in [1.807, 2.05) is 6.07 Å². The molecule has 0 aliphatic carbocycles. The van der Waals surface area contributed by atoms with Gasteiger partial charge in [-0.25, -0.2) is 0 Å². The molecule has 0 radical (unpaired) electrons. The largest absolute Gasteiger partial charge is 0.450 e. The van der Waals surface area contributed by atoms with Crippen LogP contribution in [0.5, 0.6) is 0 Å². The number of esters is 1. The van der Waals surface area contributed by atoms with Crippen LogP contribution in [0, 0.1) is 0 Å². The van der Waals surface area contributed by atoms with Gasteiger partial charge in [-0.3, -0.25) is 9.59 Å². The highest BCUT2D eigenvalue weighted by Gasteiger charge is 2.42. The quantitative estimate of drug-likeness (QED) is 0.628. The summed E-state index contributed by atoms with van der Waals surface area (Å²) in [5.74, 6) is -0.743. The summed E-state index contributed by atoms with van der Waals surface area (Å²) in [4.78, 5) is 22.0. The minimum atomic E-state index is -0.740. The average Bonchev–Trinajstić information content (AvgIpc) is 2.22. The second kappa shape index (κ2) is 4.14. The Morgan fingerprint density at radius 1 is 1.50 bits per heavy atom. The molecule has 1 fully saturated rings. The first-order valence-corrected chi connectivity index (χ1v) is 5.19. The summed E-state index contributed by atoms with van der Waals surface area (Å²) in [5, 5.41) is 3.25. The number of β-lactam (4-membered cyclic amide) rings is 1. The fraction of sp³-hybridized carbons (Fsp3) is 0.273. The first-order chi connectivity index (χ1) is 7.58. The predicted molar refractivity (Wildman–Crippen MR) is 57.9 cm³/mol. The molecule has 84 valence electrons. The maximum Gasteiger partial charge on any atom is 0.303 e. The number of carbonyl (C=O) groups excluding carboxylic acids is 2. The Kier molecular flexibility index (Phi) is 2.83. The van der Waals surface area contributed by atoms with Gasteiger partial charge < -0.3 is 10.1 Å². The van der Waals surface area contributed by atoms with E-state index in [0.29, 0.717) is 5.02 Å². The van der Waals surface area contributed by atoms with Crippen molar-refractivity contribution >= 4 is 23.5 Å². The van der Waals surface area contributed by atoms with Gasteiger partial charge in [0.05, 0.1) is 0 Å². The summed E-state index contributed by atoms with van der Waals surface area (Å²) in [6.45, 7) is 1.28. The van der Waals surface area contributed by atoms with Crippen molar-refractivity contribution in [2.75, 3.05) is 0 Å². The highest BCUT2D eigenvalue weighted by Crippen LogP contribution is 2.28. The number of benzene rings is 1. The van der Waals surface area contributed by atoms with Crippen LogP contribution in [-0.2, 0) is 14.3 Å². The van der Waals surface area contributed by atoms with Gasteiger partial charge in [0.25, 0.3) is 5.91 Å². The van der Waals surface area contributed by atoms with E-state index in [1.165, 1.54) is 6.92 Å². The number of rotatable bonds is 2. The van der Waals surface area contributed by atoms with Gasteiger partial charge in [-0.1, -0.05) is 23.7 Å². The van der Waals surface area contributed by atoms with Gasteiger partial charge in [-0.05, 0) is 17.7 Å². The number of hydrogen-bond donors (Lipinski definition) is 1. The lowest BCUT2D eigenvalue weighted by molar-refractivity contribution is -0.164. The summed E-state index contributed by atoms with van der Waals surface area (Å²) in [6.07, 6.45) is -0.740. The van der Waals surface area contributed by atoms with Gasteiger partial charge >= 0.3 is 5.97 Å². The molecule has 2 atom stereocenters. The van der Waals surface area contributed by atoms with Gasteiger partial charge in [0.15, 0.2) is 0 Å². The Morgan fingerprint density at radius 3 is 2.81 bits per heavy atom. The molecule has 2 rings (SSSR count). The van der Waals surface area contributed by atoms with Crippen molar-refractivity contribution in [2.45, 2.75) is 19.1 Å². The highest BCUT2D eigenvalue weighted by molar-refractivity contribution is 6.30. The molecule has 0 bridgehead atoms. The standard InChI is InChI=1S/C11H10ClNO3/c1-6(14)16-10-9(13-11(10)15)7-3-2-4-8(12)5-7/h2-5,9-10H,1H3,(H,13,15)/t9-,10+/m1/s1. The van der Waals surface area contributed by atoms with E-state index in [1.54, 1.807) is 18.2 Å². The van der Waals surface area contributed by atoms with Gasteiger partial charge in [-0.15, -0.1) is 0 Å². The Balaban J connectivity index is 2.16. The average molecular weight is 240 g/mol. The second-order valence-corrected chi connectivity index (χ2v) is 4.01. The lowest BCUT2D eigenvalue weighted by Gasteiger charge is -2.35. The minimum Gasteiger partial charge on any atom is -0.450 e. The monoisotopic (exact) mass is 239 g/mol. The molecule has 1 heterocycles. The molecular weight excluding hydrogens is 230 g/mol. The number of hydrogen-bond acceptors (Lipinski definition) is 3. The number of carbonyl (C=O) groups is 2. The minimum absolute atomic E-state index is 0.278. The zero-order chi connectivity index (χ0) is 11.7. The van der Waals surface area contributed by atoms with Crippen LogP contribution in [0.4, 0.5) is 0 Å². The Labute approximate surface area is 97.5 Å². The lowest BCUT2D eigenvalue weighted by atomic mass is 9.94. The molecule has 0 spiro atoms. The normalized spacial score (nSPS) is 23.2. The van der Waals surface area contributed by atoms with Crippen LogP contribution >= 0.6 is 11.6 Å². The number of amides is 1. The van der Waals surface area contributed by atoms with Gasteiger partial charge in [0, 0.05) is 11.9 Å². The van der Waals surface area contributed by atoms with Crippen LogP contribution in [0.15, 0.2) is 24.3 Å². The smallest absolute Gasteiger partial charge is 0.303 e. The maximum atomic E-state index is 11.2. The predicted octanol–water partition coefficient (Wildman–Crippen LogP) is 1.44. The zero-order valence-electron chi connectivity index (χ0n) is 8.57. The molecule has 16 heavy (non-hydrogen) atoms. The van der Waals surface area contributed by atoms with E-state index in [0.717, 1.165) is 5.56 Å². The Morgan fingerprint density at radius 2 is 2.25 bits per heavy atom. The van der Waals surface area contributed by atoms with E-state index in [4.69, 9.17) is 16.3 Å². The molecule has 5 heteroatoms. The molecule has 0 unspecified atom stereocenters. The molecule has 0 saturated carbocycles. The van der Waals surface area contributed by atoms with E-state index in [9.17, 15) is 9.59 Å². The van der Waals surface area contributed by atoms with Crippen molar-refractivity contribution in [3.05, 3.63) is 34.9 Å². The zero-order valence-corrected chi connectivity index (χ0v) is 9.32. The van der Waals surface area contributed by atoms with Gasteiger partial charge in [0.1, 0.15) is 6.04 Å². The SMILES string of the molecule is CC(=O)O[C@@H]1C(=O)N[C@@H]1c1cccc(Cl)c1. The van der Waals surface area contributed by atoms with Gasteiger partial charge in [0.2, 0.25) is 6.10 Å². The van der Waals surface area contributed by atoms with Gasteiger partial charge in [-0.2, -0.15) is 0 Å². The number of halogens is 1. The van der Waals surface area contributed by atoms with Crippen molar-refractivity contribution in [1.29, 1.82) is 0 Å². The summed E-state index contributed by atoms with van der Waals surface area (Å²) in [6, 6.07) is 6.80. The van der Waals surface area contributed by atoms with Crippen LogP contribution in [0.1, 0.15) is 18.5 Å². The summed E-state index contributed by atoms with van der Waals surface area (Å²) < 4.78 is 4.91. The van der Waals surface area contributed by atoms with Crippen molar-refractivity contribution in [2.24, 2.45) is 0 Å². The first-order valence-electron chi connectivity index (χ1n) is 4.81. The lowest BCUT2D eigenvalue weighted by Crippen LogP contribution is -2.57. The van der Waals surface area contributed by atoms with Crippen LogP contribution in [0.2, 0.25) is 5.02 Å². The molecule has 1 aromatic carbocycles. The summed E-state index contributed by atoms with van der Waals surface area (Å²) in [7, 11) is 0. The van der Waals surface area contributed by atoms with Crippen molar-refractivity contribution in [3.63, 3.8) is 0 Å². The molecule has 1 aromatic rings.